The molecule has 8 heteroatoms. The number of fused-ring (bicyclic) bond motifs is 2. The summed E-state index contributed by atoms with van der Waals surface area (Å²) in [6, 6.07) is 0. The first-order valence-electron chi connectivity index (χ1n) is 7.71. The second-order valence-electron chi connectivity index (χ2n) is 7.14. The average molecular weight is 338 g/mol. The highest BCUT2D eigenvalue weighted by atomic mass is 32.2. The molecule has 3 aliphatic carbocycles. The van der Waals surface area contributed by atoms with Gasteiger partial charge in [-0.05, 0) is 80.4 Å². The molecule has 3 rings (SSSR count). The van der Waals surface area contributed by atoms with Gasteiger partial charge in [0.25, 0.3) is 0 Å². The van der Waals surface area contributed by atoms with Crippen LogP contribution in [0.1, 0.15) is 44.9 Å². The van der Waals surface area contributed by atoms with Gasteiger partial charge in [-0.1, -0.05) is 0 Å². The Morgan fingerprint density at radius 2 is 1.55 bits per heavy atom. The third-order valence-electron chi connectivity index (χ3n) is 5.52. The van der Waals surface area contributed by atoms with E-state index < -0.39 is 21.4 Å². The summed E-state index contributed by atoms with van der Waals surface area (Å²) >= 11 is 0. The van der Waals surface area contributed by atoms with Crippen molar-refractivity contribution in [3.63, 3.8) is 0 Å². The Labute approximate surface area is 127 Å². The molecule has 3 bridgehead atoms. The molecular formula is C14H19F3NO3S-. The average Bonchev–Trinajstić information content (AvgIpc) is 2.54. The van der Waals surface area contributed by atoms with Crippen LogP contribution in [0.15, 0.2) is 4.40 Å². The Bertz CT molecular complexity index is 570. The van der Waals surface area contributed by atoms with Gasteiger partial charge in [0, 0.05) is 0 Å². The fourth-order valence-corrected chi connectivity index (χ4v) is 5.37. The topological polar surface area (TPSA) is 69.6 Å². The minimum atomic E-state index is -5.70. The number of hydrogen-bond donors (Lipinski definition) is 0. The zero-order chi connectivity index (χ0) is 16.1. The highest BCUT2D eigenvalue weighted by Gasteiger charge is 2.46. The Kier molecular flexibility index (Phi) is 3.94. The van der Waals surface area contributed by atoms with Crippen molar-refractivity contribution in [3.8, 4) is 0 Å². The van der Waals surface area contributed by atoms with Crippen LogP contribution in [0.3, 0.4) is 0 Å². The molecule has 0 radical (unpaired) electrons. The molecule has 0 aromatic heterocycles. The molecule has 3 aliphatic rings. The van der Waals surface area contributed by atoms with Crippen LogP contribution in [0.25, 0.3) is 0 Å². The molecule has 4 nitrogen and oxygen atoms in total. The van der Waals surface area contributed by atoms with Crippen LogP contribution in [-0.4, -0.2) is 19.8 Å². The van der Waals surface area contributed by atoms with E-state index in [0.717, 1.165) is 38.0 Å². The molecule has 22 heavy (non-hydrogen) atoms. The van der Waals surface area contributed by atoms with Crippen molar-refractivity contribution >= 4 is 15.9 Å². The molecule has 3 saturated carbocycles. The molecule has 0 amide bonds. The van der Waals surface area contributed by atoms with E-state index in [2.05, 4.69) is 4.40 Å². The molecule has 0 aromatic carbocycles. The summed E-state index contributed by atoms with van der Waals surface area (Å²) in [5.41, 5.74) is -5.50. The molecule has 0 aliphatic heterocycles. The second kappa shape index (κ2) is 5.39. The van der Waals surface area contributed by atoms with Gasteiger partial charge in [-0.3, -0.25) is 0 Å². The number of sulfonamides is 1. The summed E-state index contributed by atoms with van der Waals surface area (Å²) in [7, 11) is -5.70. The Hall–Kier alpha value is -0.790. The number of alkyl halides is 3. The summed E-state index contributed by atoms with van der Waals surface area (Å²) in [6.07, 6.45) is 6.17. The van der Waals surface area contributed by atoms with Gasteiger partial charge in [-0.2, -0.15) is 26.0 Å². The molecule has 0 spiro atoms. The lowest BCUT2D eigenvalue weighted by Crippen LogP contribution is -2.29. The predicted molar refractivity (Wildman–Crippen MR) is 72.2 cm³/mol. The quantitative estimate of drug-likeness (QED) is 0.586. The standard InChI is InChI=1S/C14H20F3NO3S/c15-14(16,17)22(20,21)18-13(19)7-10-2-8-1-9-4-11(3-8)12(5-9)6-10/h8-12H,1-7H2,(H,18,19)/p-1. The first kappa shape index (κ1) is 16.1. The predicted octanol–water partition coefficient (Wildman–Crippen LogP) is 2.45. The number of halogens is 3. The van der Waals surface area contributed by atoms with E-state index in [1.54, 1.807) is 0 Å². The Morgan fingerprint density at radius 1 is 1.00 bits per heavy atom. The van der Waals surface area contributed by atoms with E-state index in [-0.39, 0.29) is 12.3 Å². The molecule has 0 saturated heterocycles. The van der Waals surface area contributed by atoms with Gasteiger partial charge < -0.3 is 5.11 Å². The van der Waals surface area contributed by atoms with Gasteiger partial charge in [-0.15, -0.1) is 0 Å². The maximum Gasteiger partial charge on any atom is 0.518 e. The van der Waals surface area contributed by atoms with Crippen LogP contribution in [0.2, 0.25) is 0 Å². The summed E-state index contributed by atoms with van der Waals surface area (Å²) in [5.74, 6) is 1.37. The van der Waals surface area contributed by atoms with Crippen molar-refractivity contribution in [2.45, 2.75) is 50.5 Å². The lowest BCUT2D eigenvalue weighted by atomic mass is 9.78. The smallest absolute Gasteiger partial charge is 0.518 e. The molecular weight excluding hydrogens is 319 g/mol. The van der Waals surface area contributed by atoms with Crippen LogP contribution in [0.5, 0.6) is 0 Å². The van der Waals surface area contributed by atoms with Crippen LogP contribution >= 0.6 is 0 Å². The molecule has 0 N–H and O–H groups in total. The van der Waals surface area contributed by atoms with Crippen molar-refractivity contribution in [1.29, 1.82) is 0 Å². The Balaban J connectivity index is 1.68. The van der Waals surface area contributed by atoms with Crippen LogP contribution in [0.4, 0.5) is 13.2 Å². The SMILES string of the molecule is O=S(=O)(N=C([O-])CC1CC2CC3CC(C1)C(C2)C3)C(F)(F)F. The molecule has 5 unspecified atom stereocenters. The fourth-order valence-electron chi connectivity index (χ4n) is 4.93. The maximum absolute atomic E-state index is 12.2. The van der Waals surface area contributed by atoms with E-state index in [9.17, 15) is 26.7 Å². The van der Waals surface area contributed by atoms with Gasteiger partial charge in [0.15, 0.2) is 0 Å². The first-order valence-corrected chi connectivity index (χ1v) is 9.15. The molecule has 5 atom stereocenters. The second-order valence-corrected chi connectivity index (χ2v) is 8.74. The van der Waals surface area contributed by atoms with Gasteiger partial charge in [-0.25, -0.2) is 0 Å². The maximum atomic E-state index is 12.2. The molecule has 3 fully saturated rings. The Morgan fingerprint density at radius 3 is 2.14 bits per heavy atom. The molecule has 126 valence electrons. The third kappa shape index (κ3) is 3.12. The highest BCUT2D eigenvalue weighted by molar-refractivity contribution is 7.91. The summed E-state index contributed by atoms with van der Waals surface area (Å²) in [6.45, 7) is 0. The minimum absolute atomic E-state index is 0.0290. The number of nitrogens with zero attached hydrogens (tertiary/aromatic N) is 1. The van der Waals surface area contributed by atoms with Crippen LogP contribution < -0.4 is 5.11 Å². The summed E-state index contributed by atoms with van der Waals surface area (Å²) in [5, 5.41) is 11.7. The van der Waals surface area contributed by atoms with Crippen molar-refractivity contribution in [3.05, 3.63) is 0 Å². The van der Waals surface area contributed by atoms with Gasteiger partial charge in [0.2, 0.25) is 0 Å². The number of rotatable bonds is 3. The van der Waals surface area contributed by atoms with E-state index in [1.807, 2.05) is 0 Å². The van der Waals surface area contributed by atoms with Crippen molar-refractivity contribution in [2.24, 2.45) is 34.0 Å². The van der Waals surface area contributed by atoms with E-state index in [4.69, 9.17) is 0 Å². The lowest BCUT2D eigenvalue weighted by Gasteiger charge is -2.29. The zero-order valence-electron chi connectivity index (χ0n) is 12.1. The summed E-state index contributed by atoms with van der Waals surface area (Å²) < 4.78 is 61.0. The minimum Gasteiger partial charge on any atom is -0.861 e. The highest BCUT2D eigenvalue weighted by Crippen LogP contribution is 2.54. The van der Waals surface area contributed by atoms with Gasteiger partial charge in [0.1, 0.15) is 0 Å². The van der Waals surface area contributed by atoms with Crippen molar-refractivity contribution < 1.29 is 26.7 Å². The van der Waals surface area contributed by atoms with E-state index >= 15 is 0 Å². The summed E-state index contributed by atoms with van der Waals surface area (Å²) in [4.78, 5) is 0. The van der Waals surface area contributed by atoms with Gasteiger partial charge >= 0.3 is 15.5 Å². The zero-order valence-corrected chi connectivity index (χ0v) is 12.9. The van der Waals surface area contributed by atoms with Crippen LogP contribution in [-0.2, 0) is 10.0 Å². The first-order chi connectivity index (χ1) is 10.1. The van der Waals surface area contributed by atoms with Gasteiger partial charge in [0.05, 0.1) is 0 Å². The van der Waals surface area contributed by atoms with E-state index in [0.29, 0.717) is 17.8 Å². The van der Waals surface area contributed by atoms with Crippen molar-refractivity contribution in [1.82, 2.24) is 0 Å². The lowest BCUT2D eigenvalue weighted by molar-refractivity contribution is -0.219. The number of hydrogen-bond acceptors (Lipinski definition) is 3. The largest absolute Gasteiger partial charge is 0.861 e. The van der Waals surface area contributed by atoms with E-state index in [1.165, 1.54) is 6.42 Å². The van der Waals surface area contributed by atoms with Crippen molar-refractivity contribution in [2.75, 3.05) is 0 Å². The molecule has 0 aromatic rings. The third-order valence-corrected chi connectivity index (χ3v) is 6.55. The fraction of sp³-hybridized carbons (Fsp3) is 0.929. The normalized spacial score (nSPS) is 39.0. The monoisotopic (exact) mass is 338 g/mol. The van der Waals surface area contributed by atoms with Crippen LogP contribution in [0, 0.1) is 29.6 Å². The molecule has 0 heterocycles.